The van der Waals surface area contributed by atoms with E-state index in [2.05, 4.69) is 40.4 Å². The van der Waals surface area contributed by atoms with E-state index in [1.54, 1.807) is 0 Å². The molecule has 25 heavy (non-hydrogen) atoms. The fourth-order valence-corrected chi connectivity index (χ4v) is 3.26. The zero-order chi connectivity index (χ0) is 17.2. The molecule has 1 N–H and O–H groups in total. The summed E-state index contributed by atoms with van der Waals surface area (Å²) in [4.78, 5) is 6.79. The van der Waals surface area contributed by atoms with Crippen LogP contribution in [0.15, 0.2) is 33.2 Å². The molecular weight excluding hydrogens is 316 g/mol. The summed E-state index contributed by atoms with van der Waals surface area (Å²) in [6.45, 7) is 4.90. The number of furan rings is 1. The number of fused-ring (bicyclic) bond motifs is 1. The van der Waals surface area contributed by atoms with E-state index in [0.29, 0.717) is 5.89 Å². The fraction of sp³-hybridized carbons (Fsp3) is 0.368. The Kier molecular flexibility index (Phi) is 4.38. The van der Waals surface area contributed by atoms with Crippen molar-refractivity contribution in [1.82, 2.24) is 20.4 Å². The maximum atomic E-state index is 5.92. The van der Waals surface area contributed by atoms with E-state index in [0.717, 1.165) is 54.2 Å². The van der Waals surface area contributed by atoms with E-state index in [1.807, 2.05) is 30.4 Å². The molecule has 0 amide bonds. The SMILES string of the molecule is CCc1oc2ccccc2c1/C=C/c1nc(C2CNCCN2C)no1. The van der Waals surface area contributed by atoms with Gasteiger partial charge < -0.3 is 14.3 Å². The van der Waals surface area contributed by atoms with Crippen LogP contribution in [-0.4, -0.2) is 41.7 Å². The fourth-order valence-electron chi connectivity index (χ4n) is 3.26. The predicted molar refractivity (Wildman–Crippen MR) is 97.1 cm³/mol. The number of rotatable bonds is 4. The molecule has 0 radical (unpaired) electrons. The molecule has 3 heterocycles. The zero-order valence-corrected chi connectivity index (χ0v) is 14.5. The molecule has 1 fully saturated rings. The minimum atomic E-state index is 0.153. The van der Waals surface area contributed by atoms with Crippen LogP contribution in [0.25, 0.3) is 23.1 Å². The van der Waals surface area contributed by atoms with E-state index >= 15 is 0 Å². The van der Waals surface area contributed by atoms with Crippen molar-refractivity contribution in [1.29, 1.82) is 0 Å². The lowest BCUT2D eigenvalue weighted by Crippen LogP contribution is -2.44. The highest BCUT2D eigenvalue weighted by molar-refractivity contribution is 5.90. The molecule has 1 atom stereocenters. The van der Waals surface area contributed by atoms with Crippen molar-refractivity contribution >= 4 is 23.1 Å². The Labute approximate surface area is 146 Å². The molecule has 0 bridgehead atoms. The Bertz CT molecular complexity index is 896. The van der Waals surface area contributed by atoms with Gasteiger partial charge in [0.1, 0.15) is 11.3 Å². The molecule has 1 saturated heterocycles. The predicted octanol–water partition coefficient (Wildman–Crippen LogP) is 3.12. The topological polar surface area (TPSA) is 67.3 Å². The van der Waals surface area contributed by atoms with E-state index in [9.17, 15) is 0 Å². The number of aromatic nitrogens is 2. The highest BCUT2D eigenvalue weighted by atomic mass is 16.5. The van der Waals surface area contributed by atoms with Gasteiger partial charge in [-0.2, -0.15) is 4.98 Å². The number of piperazine rings is 1. The van der Waals surface area contributed by atoms with E-state index < -0.39 is 0 Å². The molecule has 6 nitrogen and oxygen atoms in total. The molecule has 2 aromatic heterocycles. The minimum absolute atomic E-state index is 0.153. The average molecular weight is 338 g/mol. The van der Waals surface area contributed by atoms with Crippen LogP contribution in [0.5, 0.6) is 0 Å². The monoisotopic (exact) mass is 338 g/mol. The minimum Gasteiger partial charge on any atom is -0.460 e. The van der Waals surface area contributed by atoms with Crippen LogP contribution in [0, 0.1) is 0 Å². The van der Waals surface area contributed by atoms with Crippen LogP contribution in [0.3, 0.4) is 0 Å². The Morgan fingerprint density at radius 1 is 1.32 bits per heavy atom. The summed E-state index contributed by atoms with van der Waals surface area (Å²) in [5, 5.41) is 8.62. The number of likely N-dealkylation sites (N-methyl/N-ethyl adjacent to an activating group) is 1. The summed E-state index contributed by atoms with van der Waals surface area (Å²) >= 11 is 0. The maximum Gasteiger partial charge on any atom is 0.250 e. The highest BCUT2D eigenvalue weighted by Crippen LogP contribution is 2.28. The molecule has 0 aliphatic carbocycles. The van der Waals surface area contributed by atoms with Crippen molar-refractivity contribution < 1.29 is 8.94 Å². The summed E-state index contributed by atoms with van der Waals surface area (Å²) in [7, 11) is 2.09. The van der Waals surface area contributed by atoms with Gasteiger partial charge >= 0.3 is 0 Å². The van der Waals surface area contributed by atoms with Crippen molar-refractivity contribution in [2.75, 3.05) is 26.7 Å². The second kappa shape index (κ2) is 6.82. The van der Waals surface area contributed by atoms with E-state index in [-0.39, 0.29) is 6.04 Å². The molecular formula is C19H22N4O2. The second-order valence-electron chi connectivity index (χ2n) is 6.31. The smallest absolute Gasteiger partial charge is 0.250 e. The number of benzene rings is 1. The Morgan fingerprint density at radius 3 is 3.04 bits per heavy atom. The Balaban J connectivity index is 1.60. The van der Waals surface area contributed by atoms with Gasteiger partial charge in [-0.1, -0.05) is 30.3 Å². The van der Waals surface area contributed by atoms with Gasteiger partial charge in [-0.3, -0.25) is 4.90 Å². The summed E-state index contributed by atoms with van der Waals surface area (Å²) in [6, 6.07) is 8.21. The van der Waals surface area contributed by atoms with Crippen molar-refractivity contribution in [3.8, 4) is 0 Å². The summed E-state index contributed by atoms with van der Waals surface area (Å²) in [5.74, 6) is 2.21. The number of hydrogen-bond acceptors (Lipinski definition) is 6. The molecule has 0 saturated carbocycles. The third kappa shape index (κ3) is 3.10. The van der Waals surface area contributed by atoms with Gasteiger partial charge in [-0.05, 0) is 19.2 Å². The standard InChI is InChI=1S/C19H22N4O2/c1-3-16-14(13-6-4-5-7-17(13)24-16)8-9-18-21-19(22-25-18)15-12-20-10-11-23(15)2/h4-9,15,20H,3,10-12H2,1-2H3/b9-8+. The second-order valence-corrected chi connectivity index (χ2v) is 6.31. The number of aryl methyl sites for hydroxylation is 1. The van der Waals surface area contributed by atoms with Crippen molar-refractivity contribution in [2.24, 2.45) is 0 Å². The zero-order valence-electron chi connectivity index (χ0n) is 14.5. The van der Waals surface area contributed by atoms with Gasteiger partial charge in [0.15, 0.2) is 5.82 Å². The van der Waals surface area contributed by atoms with Crippen LogP contribution < -0.4 is 5.32 Å². The van der Waals surface area contributed by atoms with E-state index in [1.165, 1.54) is 0 Å². The van der Waals surface area contributed by atoms with Gasteiger partial charge in [-0.15, -0.1) is 0 Å². The first kappa shape index (κ1) is 16.1. The molecule has 3 aromatic rings. The molecule has 4 rings (SSSR count). The van der Waals surface area contributed by atoms with Gasteiger partial charge in [0.25, 0.3) is 5.89 Å². The number of para-hydroxylation sites is 1. The van der Waals surface area contributed by atoms with Gasteiger partial charge in [0.2, 0.25) is 0 Å². The lowest BCUT2D eigenvalue weighted by atomic mass is 10.1. The molecule has 1 aromatic carbocycles. The van der Waals surface area contributed by atoms with Crippen LogP contribution in [-0.2, 0) is 6.42 Å². The third-order valence-corrected chi connectivity index (χ3v) is 4.69. The lowest BCUT2D eigenvalue weighted by molar-refractivity contribution is 0.190. The van der Waals surface area contributed by atoms with Crippen LogP contribution in [0.4, 0.5) is 0 Å². The summed E-state index contributed by atoms with van der Waals surface area (Å²) < 4.78 is 11.3. The van der Waals surface area contributed by atoms with Crippen molar-refractivity contribution in [3.05, 3.63) is 47.3 Å². The average Bonchev–Trinajstić information content (AvgIpc) is 3.24. The van der Waals surface area contributed by atoms with E-state index in [4.69, 9.17) is 8.94 Å². The molecule has 1 unspecified atom stereocenters. The third-order valence-electron chi connectivity index (χ3n) is 4.69. The highest BCUT2D eigenvalue weighted by Gasteiger charge is 2.24. The van der Waals surface area contributed by atoms with Gasteiger partial charge in [-0.25, -0.2) is 0 Å². The molecule has 130 valence electrons. The number of nitrogens with zero attached hydrogens (tertiary/aromatic N) is 3. The van der Waals surface area contributed by atoms with Crippen molar-refractivity contribution in [2.45, 2.75) is 19.4 Å². The normalized spacial score (nSPS) is 19.2. The Hall–Kier alpha value is -2.44. The molecule has 1 aliphatic rings. The Morgan fingerprint density at radius 2 is 2.20 bits per heavy atom. The lowest BCUT2D eigenvalue weighted by Gasteiger charge is -2.30. The largest absolute Gasteiger partial charge is 0.460 e. The first-order chi connectivity index (χ1) is 12.3. The first-order valence-corrected chi connectivity index (χ1v) is 8.69. The summed E-state index contributed by atoms with van der Waals surface area (Å²) in [5.41, 5.74) is 1.98. The summed E-state index contributed by atoms with van der Waals surface area (Å²) in [6.07, 6.45) is 4.70. The van der Waals surface area contributed by atoms with Crippen LogP contribution in [0.2, 0.25) is 0 Å². The quantitative estimate of drug-likeness (QED) is 0.788. The molecule has 6 heteroatoms. The number of nitrogens with one attached hydrogen (secondary N) is 1. The van der Waals surface area contributed by atoms with Crippen LogP contribution >= 0.6 is 0 Å². The van der Waals surface area contributed by atoms with Gasteiger partial charge in [0.05, 0.1) is 6.04 Å². The van der Waals surface area contributed by atoms with Crippen LogP contribution in [0.1, 0.15) is 36.0 Å². The van der Waals surface area contributed by atoms with Gasteiger partial charge in [0, 0.05) is 43.1 Å². The molecule has 1 aliphatic heterocycles. The maximum absolute atomic E-state index is 5.92. The molecule has 0 spiro atoms. The first-order valence-electron chi connectivity index (χ1n) is 8.69. The van der Waals surface area contributed by atoms with Crippen molar-refractivity contribution in [3.63, 3.8) is 0 Å². The number of hydrogen-bond donors (Lipinski definition) is 1.